The second-order valence-electron chi connectivity index (χ2n) is 3.13. The number of aromatic nitrogens is 3. The van der Waals surface area contributed by atoms with Crippen LogP contribution in [0.5, 0.6) is 0 Å². The first-order valence-corrected chi connectivity index (χ1v) is 4.86. The molecule has 0 aliphatic heterocycles. The van der Waals surface area contributed by atoms with E-state index in [1.807, 2.05) is 12.1 Å². The average Bonchev–Trinajstić information content (AvgIpc) is 2.24. The molecule has 76 valence electrons. The summed E-state index contributed by atoms with van der Waals surface area (Å²) in [6.45, 7) is 0. The van der Waals surface area contributed by atoms with E-state index in [2.05, 4.69) is 15.0 Å². The van der Waals surface area contributed by atoms with Gasteiger partial charge in [-0.25, -0.2) is 0 Å². The van der Waals surface area contributed by atoms with Gasteiger partial charge in [-0.05, 0) is 29.9 Å². The molecule has 0 radical (unpaired) electrons. The van der Waals surface area contributed by atoms with E-state index in [1.165, 1.54) is 0 Å². The van der Waals surface area contributed by atoms with Crippen LogP contribution in [0.2, 0.25) is 0 Å². The molecule has 0 bridgehead atoms. The highest BCUT2D eigenvalue weighted by atomic mass is 32.1. The van der Waals surface area contributed by atoms with E-state index in [-0.39, 0.29) is 5.56 Å². The smallest absolute Gasteiger partial charge is 0.255 e. The van der Waals surface area contributed by atoms with Gasteiger partial charge in [-0.15, -0.1) is 0 Å². The van der Waals surface area contributed by atoms with Gasteiger partial charge >= 0.3 is 0 Å². The number of pyridine rings is 1. The summed E-state index contributed by atoms with van der Waals surface area (Å²) < 4.78 is 0.346. The van der Waals surface area contributed by atoms with Crippen molar-refractivity contribution in [1.29, 1.82) is 0 Å². The highest BCUT2D eigenvalue weighted by Gasteiger charge is 2.00. The minimum Gasteiger partial charge on any atom is -0.338 e. The van der Waals surface area contributed by atoms with Crippen LogP contribution in [0.1, 0.15) is 11.1 Å². The molecule has 0 fully saturated rings. The molecule has 0 atom stereocenters. The number of aromatic amines is 2. The Balaban J connectivity index is 2.33. The fourth-order valence-electron chi connectivity index (χ4n) is 1.29. The fraction of sp³-hybridized carbons (Fsp3) is 0.100. The van der Waals surface area contributed by atoms with Gasteiger partial charge < -0.3 is 4.98 Å². The molecule has 2 N–H and O–H groups in total. The molecule has 2 aromatic rings. The Bertz CT molecular complexity index is 559. The third-order valence-electron chi connectivity index (χ3n) is 2.04. The van der Waals surface area contributed by atoms with Gasteiger partial charge in [-0.2, -0.15) is 0 Å². The molecule has 15 heavy (non-hydrogen) atoms. The first kappa shape index (κ1) is 9.79. The average molecular weight is 219 g/mol. The molecule has 2 rings (SSSR count). The van der Waals surface area contributed by atoms with Gasteiger partial charge in [0.05, 0.1) is 0 Å². The van der Waals surface area contributed by atoms with Gasteiger partial charge in [-0.3, -0.25) is 14.8 Å². The SMILES string of the molecule is O=c1[nH]c(=S)[nH]cc1Cc1ccncc1. The number of nitrogens with zero attached hydrogens (tertiary/aromatic N) is 1. The maximum absolute atomic E-state index is 11.5. The van der Waals surface area contributed by atoms with Crippen molar-refractivity contribution in [1.82, 2.24) is 15.0 Å². The molecule has 0 aliphatic rings. The molecule has 2 heterocycles. The third-order valence-corrected chi connectivity index (χ3v) is 2.26. The van der Waals surface area contributed by atoms with E-state index in [4.69, 9.17) is 12.2 Å². The van der Waals surface area contributed by atoms with Crippen LogP contribution in [0, 0.1) is 4.77 Å². The lowest BCUT2D eigenvalue weighted by Crippen LogP contribution is -2.13. The summed E-state index contributed by atoms with van der Waals surface area (Å²) in [4.78, 5) is 20.8. The van der Waals surface area contributed by atoms with Crippen LogP contribution in [0.25, 0.3) is 0 Å². The summed E-state index contributed by atoms with van der Waals surface area (Å²) in [5, 5.41) is 0. The summed E-state index contributed by atoms with van der Waals surface area (Å²) >= 11 is 4.80. The number of rotatable bonds is 2. The highest BCUT2D eigenvalue weighted by Crippen LogP contribution is 2.02. The van der Waals surface area contributed by atoms with Crippen molar-refractivity contribution in [2.75, 3.05) is 0 Å². The van der Waals surface area contributed by atoms with Crippen LogP contribution >= 0.6 is 12.2 Å². The largest absolute Gasteiger partial charge is 0.338 e. The number of nitrogens with one attached hydrogen (secondary N) is 2. The molecule has 5 heteroatoms. The molecule has 0 saturated heterocycles. The van der Waals surface area contributed by atoms with Crippen molar-refractivity contribution in [3.05, 3.63) is 57.0 Å². The topological polar surface area (TPSA) is 61.5 Å². The molecule has 0 saturated carbocycles. The van der Waals surface area contributed by atoms with E-state index in [0.29, 0.717) is 16.8 Å². The van der Waals surface area contributed by atoms with Gasteiger partial charge in [0.1, 0.15) is 0 Å². The summed E-state index contributed by atoms with van der Waals surface area (Å²) in [5.74, 6) is 0. The first-order chi connectivity index (χ1) is 7.25. The van der Waals surface area contributed by atoms with Crippen molar-refractivity contribution in [2.45, 2.75) is 6.42 Å². The van der Waals surface area contributed by atoms with E-state index in [9.17, 15) is 4.79 Å². The van der Waals surface area contributed by atoms with E-state index < -0.39 is 0 Å². The number of hydrogen-bond donors (Lipinski definition) is 2. The molecule has 0 amide bonds. The van der Waals surface area contributed by atoms with E-state index >= 15 is 0 Å². The minimum atomic E-state index is -0.143. The lowest BCUT2D eigenvalue weighted by molar-refractivity contribution is 1.01. The summed E-state index contributed by atoms with van der Waals surface area (Å²) in [6.07, 6.45) is 5.62. The predicted octanol–water partition coefficient (Wildman–Crippen LogP) is 1.42. The zero-order valence-corrected chi connectivity index (χ0v) is 8.67. The second kappa shape index (κ2) is 4.18. The van der Waals surface area contributed by atoms with Crippen LogP contribution in [-0.2, 0) is 6.42 Å². The quantitative estimate of drug-likeness (QED) is 0.751. The Hall–Kier alpha value is -1.75. The highest BCUT2D eigenvalue weighted by molar-refractivity contribution is 7.71. The normalized spacial score (nSPS) is 10.1. The van der Waals surface area contributed by atoms with Gasteiger partial charge in [0.25, 0.3) is 5.56 Å². The Labute approximate surface area is 91.0 Å². The molecule has 0 aromatic carbocycles. The van der Waals surface area contributed by atoms with Crippen LogP contribution in [-0.4, -0.2) is 15.0 Å². The Morgan fingerprint density at radius 1 is 1.33 bits per heavy atom. The van der Waals surface area contributed by atoms with Gasteiger partial charge in [-0.1, -0.05) is 0 Å². The van der Waals surface area contributed by atoms with Crippen LogP contribution < -0.4 is 5.56 Å². The molecule has 0 aliphatic carbocycles. The maximum Gasteiger partial charge on any atom is 0.255 e. The summed E-state index contributed by atoms with van der Waals surface area (Å²) in [6, 6.07) is 3.75. The van der Waals surface area contributed by atoms with Crippen molar-refractivity contribution in [2.24, 2.45) is 0 Å². The van der Waals surface area contributed by atoms with E-state index in [1.54, 1.807) is 18.6 Å². The van der Waals surface area contributed by atoms with E-state index in [0.717, 1.165) is 5.56 Å². The van der Waals surface area contributed by atoms with Crippen molar-refractivity contribution >= 4 is 12.2 Å². The minimum absolute atomic E-state index is 0.143. The third kappa shape index (κ3) is 2.38. The molecule has 0 spiro atoms. The van der Waals surface area contributed by atoms with Gasteiger partial charge in [0, 0.05) is 30.6 Å². The van der Waals surface area contributed by atoms with Gasteiger partial charge in [0.15, 0.2) is 4.77 Å². The predicted molar refractivity (Wildman–Crippen MR) is 59.3 cm³/mol. The lowest BCUT2D eigenvalue weighted by atomic mass is 10.1. The Morgan fingerprint density at radius 3 is 2.73 bits per heavy atom. The fourth-order valence-corrected chi connectivity index (χ4v) is 1.44. The van der Waals surface area contributed by atoms with Crippen molar-refractivity contribution < 1.29 is 0 Å². The monoisotopic (exact) mass is 219 g/mol. The maximum atomic E-state index is 11.5. The molecule has 0 unspecified atom stereocenters. The Kier molecular flexibility index (Phi) is 2.73. The van der Waals surface area contributed by atoms with Crippen LogP contribution in [0.4, 0.5) is 0 Å². The van der Waals surface area contributed by atoms with Crippen molar-refractivity contribution in [3.63, 3.8) is 0 Å². The van der Waals surface area contributed by atoms with Crippen LogP contribution in [0.15, 0.2) is 35.5 Å². The van der Waals surface area contributed by atoms with Gasteiger partial charge in [0.2, 0.25) is 0 Å². The zero-order valence-electron chi connectivity index (χ0n) is 7.86. The molecular formula is C10H9N3OS. The molecular weight excluding hydrogens is 210 g/mol. The zero-order chi connectivity index (χ0) is 10.7. The second-order valence-corrected chi connectivity index (χ2v) is 3.54. The number of hydrogen-bond acceptors (Lipinski definition) is 3. The summed E-state index contributed by atoms with van der Waals surface area (Å²) in [7, 11) is 0. The standard InChI is InChI=1S/C10H9N3OS/c14-9-8(6-12-10(15)13-9)5-7-1-3-11-4-2-7/h1-4,6H,5H2,(H2,12,13,14,15). The Morgan fingerprint density at radius 2 is 2.07 bits per heavy atom. The van der Waals surface area contributed by atoms with Crippen molar-refractivity contribution in [3.8, 4) is 0 Å². The number of H-pyrrole nitrogens is 2. The first-order valence-electron chi connectivity index (χ1n) is 4.45. The summed E-state index contributed by atoms with van der Waals surface area (Å²) in [5.41, 5.74) is 1.56. The lowest BCUT2D eigenvalue weighted by Gasteiger charge is -1.99. The molecule has 2 aromatic heterocycles. The molecule has 4 nitrogen and oxygen atoms in total. The van der Waals surface area contributed by atoms with Crippen LogP contribution in [0.3, 0.4) is 0 Å².